The molecule has 0 aliphatic rings. The van der Waals surface area contributed by atoms with Crippen molar-refractivity contribution < 1.29 is 17.9 Å². The molecule has 1 aromatic rings. The molecule has 0 radical (unpaired) electrons. The van der Waals surface area contributed by atoms with Crippen molar-refractivity contribution in [2.45, 2.75) is 19.6 Å². The predicted molar refractivity (Wildman–Crippen MR) is 55.5 cm³/mol. The van der Waals surface area contributed by atoms with Gasteiger partial charge in [-0.3, -0.25) is 0 Å². The van der Waals surface area contributed by atoms with E-state index >= 15 is 0 Å². The number of rotatable bonds is 4. The monoisotopic (exact) mass is 233 g/mol. The van der Waals surface area contributed by atoms with Crippen LogP contribution in [0.2, 0.25) is 0 Å². The van der Waals surface area contributed by atoms with Gasteiger partial charge in [-0.15, -0.1) is 0 Å². The molecule has 90 valence electrons. The Bertz CT molecular complexity index is 350. The van der Waals surface area contributed by atoms with Crippen LogP contribution in [0.4, 0.5) is 13.2 Å². The average Bonchev–Trinajstić information content (AvgIpc) is 2.15. The van der Waals surface area contributed by atoms with Crippen molar-refractivity contribution in [3.05, 3.63) is 29.3 Å². The molecule has 0 saturated heterocycles. The van der Waals surface area contributed by atoms with E-state index in [1.807, 2.05) is 13.0 Å². The standard InChI is InChI=1S/C11H14F3NO/c1-8-3-4-10(9(5-8)6-15-2)16-7-11(12,13)14/h3-5,15H,6-7H2,1-2H3. The molecule has 0 spiro atoms. The molecule has 0 amide bonds. The fourth-order valence-electron chi connectivity index (χ4n) is 1.34. The Balaban J connectivity index is 2.78. The Morgan fingerprint density at radius 3 is 2.56 bits per heavy atom. The molecular weight excluding hydrogens is 219 g/mol. The highest BCUT2D eigenvalue weighted by atomic mass is 19.4. The molecule has 2 nitrogen and oxygen atoms in total. The molecule has 1 rings (SSSR count). The lowest BCUT2D eigenvalue weighted by molar-refractivity contribution is -0.153. The summed E-state index contributed by atoms with van der Waals surface area (Å²) in [5, 5.41) is 2.89. The van der Waals surface area contributed by atoms with E-state index in [0.717, 1.165) is 11.1 Å². The Kier molecular flexibility index (Phi) is 4.18. The van der Waals surface area contributed by atoms with Crippen molar-refractivity contribution in [3.63, 3.8) is 0 Å². The fraction of sp³-hybridized carbons (Fsp3) is 0.455. The summed E-state index contributed by atoms with van der Waals surface area (Å²) in [5.41, 5.74) is 1.72. The molecule has 0 heterocycles. The van der Waals surface area contributed by atoms with E-state index in [9.17, 15) is 13.2 Å². The molecule has 0 aliphatic heterocycles. The highest BCUT2D eigenvalue weighted by Crippen LogP contribution is 2.23. The number of ether oxygens (including phenoxy) is 1. The zero-order valence-electron chi connectivity index (χ0n) is 9.19. The summed E-state index contributed by atoms with van der Waals surface area (Å²) in [7, 11) is 1.73. The quantitative estimate of drug-likeness (QED) is 0.863. The van der Waals surface area contributed by atoms with Crippen molar-refractivity contribution >= 4 is 0 Å². The summed E-state index contributed by atoms with van der Waals surface area (Å²) in [6, 6.07) is 5.10. The Morgan fingerprint density at radius 1 is 1.31 bits per heavy atom. The Morgan fingerprint density at radius 2 is 2.00 bits per heavy atom. The second-order valence-electron chi connectivity index (χ2n) is 3.55. The van der Waals surface area contributed by atoms with Crippen LogP contribution in [-0.4, -0.2) is 19.8 Å². The van der Waals surface area contributed by atoms with Crippen molar-refractivity contribution in [2.75, 3.05) is 13.7 Å². The normalized spacial score (nSPS) is 11.6. The summed E-state index contributed by atoms with van der Waals surface area (Å²) >= 11 is 0. The van der Waals surface area contributed by atoms with Crippen molar-refractivity contribution in [3.8, 4) is 5.75 Å². The number of hydrogen-bond acceptors (Lipinski definition) is 2. The van der Waals surface area contributed by atoms with Crippen LogP contribution in [0.25, 0.3) is 0 Å². The molecule has 0 fully saturated rings. The lowest BCUT2D eigenvalue weighted by Gasteiger charge is -2.13. The second-order valence-corrected chi connectivity index (χ2v) is 3.55. The van der Waals surface area contributed by atoms with Crippen LogP contribution in [0.1, 0.15) is 11.1 Å². The molecule has 0 unspecified atom stereocenters. The molecule has 0 atom stereocenters. The predicted octanol–water partition coefficient (Wildman–Crippen LogP) is 2.66. The zero-order valence-corrected chi connectivity index (χ0v) is 9.19. The van der Waals surface area contributed by atoms with Crippen LogP contribution in [-0.2, 0) is 6.54 Å². The van der Waals surface area contributed by atoms with E-state index in [1.54, 1.807) is 19.2 Å². The highest BCUT2D eigenvalue weighted by molar-refractivity contribution is 5.36. The number of aryl methyl sites for hydroxylation is 1. The van der Waals surface area contributed by atoms with Gasteiger partial charge in [0.2, 0.25) is 0 Å². The van der Waals surface area contributed by atoms with Gasteiger partial charge in [0, 0.05) is 12.1 Å². The second kappa shape index (κ2) is 5.21. The summed E-state index contributed by atoms with van der Waals surface area (Å²) in [4.78, 5) is 0. The van der Waals surface area contributed by atoms with Crippen LogP contribution >= 0.6 is 0 Å². The van der Waals surface area contributed by atoms with Gasteiger partial charge in [0.05, 0.1) is 0 Å². The lowest BCUT2D eigenvalue weighted by Crippen LogP contribution is -2.20. The smallest absolute Gasteiger partial charge is 0.422 e. The molecule has 5 heteroatoms. The number of hydrogen-bond donors (Lipinski definition) is 1. The minimum atomic E-state index is -4.30. The van der Waals surface area contributed by atoms with Crippen molar-refractivity contribution in [2.24, 2.45) is 0 Å². The number of nitrogens with one attached hydrogen (secondary N) is 1. The highest BCUT2D eigenvalue weighted by Gasteiger charge is 2.28. The first-order valence-corrected chi connectivity index (χ1v) is 4.86. The van der Waals surface area contributed by atoms with Gasteiger partial charge in [0.25, 0.3) is 0 Å². The lowest BCUT2D eigenvalue weighted by atomic mass is 10.1. The van der Waals surface area contributed by atoms with E-state index in [0.29, 0.717) is 6.54 Å². The molecule has 1 aromatic carbocycles. The first-order valence-electron chi connectivity index (χ1n) is 4.86. The zero-order chi connectivity index (χ0) is 12.2. The van der Waals surface area contributed by atoms with Gasteiger partial charge in [-0.1, -0.05) is 17.7 Å². The summed E-state index contributed by atoms with van der Waals surface area (Å²) in [6.45, 7) is 1.11. The van der Waals surface area contributed by atoms with Gasteiger partial charge in [-0.25, -0.2) is 0 Å². The molecule has 0 aliphatic carbocycles. The third-order valence-corrected chi connectivity index (χ3v) is 1.97. The summed E-state index contributed by atoms with van der Waals surface area (Å²) < 4.78 is 40.7. The van der Waals surface area contributed by atoms with Gasteiger partial charge in [-0.05, 0) is 20.0 Å². The van der Waals surface area contributed by atoms with E-state index in [-0.39, 0.29) is 5.75 Å². The molecule has 0 aromatic heterocycles. The van der Waals surface area contributed by atoms with Gasteiger partial charge in [0.15, 0.2) is 6.61 Å². The molecule has 1 N–H and O–H groups in total. The third-order valence-electron chi connectivity index (χ3n) is 1.97. The van der Waals surface area contributed by atoms with E-state index in [2.05, 4.69) is 5.32 Å². The van der Waals surface area contributed by atoms with Crippen molar-refractivity contribution in [1.82, 2.24) is 5.32 Å². The maximum Gasteiger partial charge on any atom is 0.422 e. The molecule has 0 saturated carbocycles. The van der Waals surface area contributed by atoms with E-state index in [4.69, 9.17) is 4.74 Å². The number of benzene rings is 1. The topological polar surface area (TPSA) is 21.3 Å². The van der Waals surface area contributed by atoms with Gasteiger partial charge >= 0.3 is 6.18 Å². The largest absolute Gasteiger partial charge is 0.484 e. The molecule has 16 heavy (non-hydrogen) atoms. The number of alkyl halides is 3. The van der Waals surface area contributed by atoms with Gasteiger partial charge in [0.1, 0.15) is 5.75 Å². The first kappa shape index (κ1) is 12.8. The number of halogens is 3. The minimum Gasteiger partial charge on any atom is -0.484 e. The fourth-order valence-corrected chi connectivity index (χ4v) is 1.34. The Hall–Kier alpha value is -1.23. The average molecular weight is 233 g/mol. The molecule has 0 bridgehead atoms. The van der Waals surface area contributed by atoms with Crippen LogP contribution in [0.5, 0.6) is 5.75 Å². The third kappa shape index (κ3) is 4.10. The van der Waals surface area contributed by atoms with Crippen LogP contribution in [0.3, 0.4) is 0 Å². The SMILES string of the molecule is CNCc1cc(C)ccc1OCC(F)(F)F. The maximum absolute atomic E-state index is 12.0. The van der Waals surface area contributed by atoms with Crippen LogP contribution in [0.15, 0.2) is 18.2 Å². The van der Waals surface area contributed by atoms with Gasteiger partial charge in [-0.2, -0.15) is 13.2 Å². The van der Waals surface area contributed by atoms with Gasteiger partial charge < -0.3 is 10.1 Å². The minimum absolute atomic E-state index is 0.275. The maximum atomic E-state index is 12.0. The Labute approximate surface area is 92.4 Å². The first-order chi connectivity index (χ1) is 7.42. The van der Waals surface area contributed by atoms with Crippen LogP contribution < -0.4 is 10.1 Å². The van der Waals surface area contributed by atoms with E-state index in [1.165, 1.54) is 0 Å². The molecular formula is C11H14F3NO. The van der Waals surface area contributed by atoms with E-state index < -0.39 is 12.8 Å². The summed E-state index contributed by atoms with van der Waals surface area (Å²) in [5.74, 6) is 0.275. The van der Waals surface area contributed by atoms with Crippen molar-refractivity contribution in [1.29, 1.82) is 0 Å². The van der Waals surface area contributed by atoms with Crippen LogP contribution in [0, 0.1) is 6.92 Å². The summed E-state index contributed by atoms with van der Waals surface area (Å²) in [6.07, 6.45) is -4.30.